The van der Waals surface area contributed by atoms with Crippen LogP contribution in [-0.2, 0) is 14.4 Å². The van der Waals surface area contributed by atoms with Gasteiger partial charge in [-0.2, -0.15) is 13.2 Å². The summed E-state index contributed by atoms with van der Waals surface area (Å²) in [5, 5.41) is 5.20. The second-order valence-electron chi connectivity index (χ2n) is 4.43. The minimum atomic E-state index is -4.49. The van der Waals surface area contributed by atoms with Gasteiger partial charge in [-0.05, 0) is 24.6 Å². The summed E-state index contributed by atoms with van der Waals surface area (Å²) in [5.41, 5.74) is 0.922. The number of oxime groups is 1. The SMILES string of the molecule is COC(=O)c1ccc(/C=N/OC(C)C(=O)NCC(F)(F)F)cc1. The topological polar surface area (TPSA) is 77.0 Å². The number of nitrogens with one attached hydrogen (secondary N) is 1. The Hall–Kier alpha value is -2.58. The molecule has 1 atom stereocenters. The lowest BCUT2D eigenvalue weighted by Crippen LogP contribution is -2.39. The first-order valence-corrected chi connectivity index (χ1v) is 6.45. The summed E-state index contributed by atoms with van der Waals surface area (Å²) < 4.78 is 40.4. The van der Waals surface area contributed by atoms with E-state index in [1.165, 1.54) is 32.4 Å². The van der Waals surface area contributed by atoms with Crippen LogP contribution in [0.5, 0.6) is 0 Å². The summed E-state index contributed by atoms with van der Waals surface area (Å²) in [7, 11) is 1.26. The van der Waals surface area contributed by atoms with Crippen molar-refractivity contribution in [2.24, 2.45) is 5.16 Å². The van der Waals surface area contributed by atoms with E-state index in [0.717, 1.165) is 0 Å². The first-order valence-electron chi connectivity index (χ1n) is 6.45. The highest BCUT2D eigenvalue weighted by Gasteiger charge is 2.29. The number of benzene rings is 1. The second kappa shape index (κ2) is 8.16. The first kappa shape index (κ1) is 18.5. The minimum Gasteiger partial charge on any atom is -0.465 e. The predicted octanol–water partition coefficient (Wildman–Crippen LogP) is 1.89. The van der Waals surface area contributed by atoms with Gasteiger partial charge in [0, 0.05) is 0 Å². The Morgan fingerprint density at radius 1 is 1.30 bits per heavy atom. The number of halogens is 3. The number of carbonyl (C=O) groups is 2. The largest absolute Gasteiger partial charge is 0.465 e. The number of ether oxygens (including phenoxy) is 1. The highest BCUT2D eigenvalue weighted by atomic mass is 19.4. The average Bonchev–Trinajstić information content (AvgIpc) is 2.51. The van der Waals surface area contributed by atoms with Gasteiger partial charge in [0.2, 0.25) is 6.10 Å². The van der Waals surface area contributed by atoms with E-state index in [-0.39, 0.29) is 0 Å². The smallest absolute Gasteiger partial charge is 0.405 e. The summed E-state index contributed by atoms with van der Waals surface area (Å²) in [5.74, 6) is -1.42. The number of esters is 1. The van der Waals surface area contributed by atoms with Crippen molar-refractivity contribution in [3.05, 3.63) is 35.4 Å². The Morgan fingerprint density at radius 3 is 2.43 bits per heavy atom. The Bertz CT molecular complexity index is 570. The molecule has 0 fully saturated rings. The molecule has 1 N–H and O–H groups in total. The summed E-state index contributed by atoms with van der Waals surface area (Å²) in [4.78, 5) is 27.3. The van der Waals surface area contributed by atoms with E-state index in [9.17, 15) is 22.8 Å². The lowest BCUT2D eigenvalue weighted by Gasteiger charge is -2.11. The third-order valence-electron chi connectivity index (χ3n) is 2.58. The van der Waals surface area contributed by atoms with Gasteiger partial charge in [0.1, 0.15) is 6.54 Å². The van der Waals surface area contributed by atoms with Gasteiger partial charge in [-0.3, -0.25) is 4.79 Å². The molecular formula is C14H15F3N2O4. The Kier molecular flexibility index (Phi) is 6.55. The molecule has 0 heterocycles. The molecule has 1 unspecified atom stereocenters. The third kappa shape index (κ3) is 6.81. The molecule has 0 aliphatic carbocycles. The molecule has 0 spiro atoms. The molecule has 1 aromatic carbocycles. The average molecular weight is 332 g/mol. The van der Waals surface area contributed by atoms with Gasteiger partial charge in [-0.15, -0.1) is 0 Å². The fourth-order valence-electron chi connectivity index (χ4n) is 1.38. The zero-order chi connectivity index (χ0) is 17.5. The zero-order valence-electron chi connectivity index (χ0n) is 12.4. The van der Waals surface area contributed by atoms with Gasteiger partial charge < -0.3 is 14.9 Å². The lowest BCUT2D eigenvalue weighted by molar-refractivity contribution is -0.144. The maximum atomic E-state index is 11.9. The molecule has 0 bridgehead atoms. The molecule has 9 heteroatoms. The van der Waals surface area contributed by atoms with Crippen LogP contribution in [-0.4, -0.2) is 44.0 Å². The van der Waals surface area contributed by atoms with Crippen LogP contribution in [0.15, 0.2) is 29.4 Å². The molecule has 0 saturated carbocycles. The molecule has 0 radical (unpaired) electrons. The van der Waals surface area contributed by atoms with E-state index in [1.54, 1.807) is 17.4 Å². The van der Waals surface area contributed by atoms with Crippen LogP contribution in [0.1, 0.15) is 22.8 Å². The monoisotopic (exact) mass is 332 g/mol. The molecular weight excluding hydrogens is 317 g/mol. The van der Waals surface area contributed by atoms with E-state index in [2.05, 4.69) is 9.89 Å². The van der Waals surface area contributed by atoms with Crippen molar-refractivity contribution in [2.45, 2.75) is 19.2 Å². The van der Waals surface area contributed by atoms with Crippen molar-refractivity contribution >= 4 is 18.1 Å². The number of alkyl halides is 3. The number of hydrogen-bond donors (Lipinski definition) is 1. The molecule has 6 nitrogen and oxygen atoms in total. The van der Waals surface area contributed by atoms with Crippen LogP contribution in [0.25, 0.3) is 0 Å². The molecule has 1 aromatic rings. The summed E-state index contributed by atoms with van der Waals surface area (Å²) in [6.45, 7) is -0.165. The summed E-state index contributed by atoms with van der Waals surface area (Å²) in [6, 6.07) is 6.14. The fourth-order valence-corrected chi connectivity index (χ4v) is 1.38. The van der Waals surface area contributed by atoms with E-state index in [4.69, 9.17) is 4.84 Å². The molecule has 0 aliphatic rings. The number of hydrogen-bond acceptors (Lipinski definition) is 5. The summed E-state index contributed by atoms with van der Waals surface area (Å²) >= 11 is 0. The van der Waals surface area contributed by atoms with Gasteiger partial charge in [-0.25, -0.2) is 4.79 Å². The summed E-state index contributed by atoms with van der Waals surface area (Å²) in [6.07, 6.45) is -4.41. The fraction of sp³-hybridized carbons (Fsp3) is 0.357. The van der Waals surface area contributed by atoms with Gasteiger partial charge in [0.05, 0.1) is 18.9 Å². The molecule has 23 heavy (non-hydrogen) atoms. The minimum absolute atomic E-state index is 0.352. The standard InChI is InChI=1S/C14H15F3N2O4/c1-9(12(20)18-8-14(15,16)17)23-19-7-10-3-5-11(6-4-10)13(21)22-2/h3-7,9H,8H2,1-2H3,(H,18,20)/b19-7+. The van der Waals surface area contributed by atoms with Crippen molar-refractivity contribution in [1.82, 2.24) is 5.32 Å². The quantitative estimate of drug-likeness (QED) is 0.490. The maximum absolute atomic E-state index is 11.9. The molecule has 1 rings (SSSR count). The third-order valence-corrected chi connectivity index (χ3v) is 2.58. The number of amides is 1. The molecule has 1 amide bonds. The first-order chi connectivity index (χ1) is 10.7. The van der Waals surface area contributed by atoms with Crippen LogP contribution >= 0.6 is 0 Å². The second-order valence-corrected chi connectivity index (χ2v) is 4.43. The van der Waals surface area contributed by atoms with Crippen LogP contribution in [0.2, 0.25) is 0 Å². The van der Waals surface area contributed by atoms with Crippen molar-refractivity contribution in [3.63, 3.8) is 0 Å². The Labute approximate surface area is 130 Å². The van der Waals surface area contributed by atoms with Gasteiger partial charge >= 0.3 is 12.1 Å². The number of methoxy groups -OCH3 is 1. The van der Waals surface area contributed by atoms with Crippen LogP contribution < -0.4 is 5.32 Å². The number of nitrogens with zero attached hydrogens (tertiary/aromatic N) is 1. The van der Waals surface area contributed by atoms with E-state index in [1.807, 2.05) is 0 Å². The Morgan fingerprint density at radius 2 is 1.91 bits per heavy atom. The van der Waals surface area contributed by atoms with E-state index < -0.39 is 30.7 Å². The molecule has 0 saturated heterocycles. The normalized spacial score (nSPS) is 12.7. The maximum Gasteiger partial charge on any atom is 0.405 e. The van der Waals surface area contributed by atoms with Gasteiger partial charge in [-0.1, -0.05) is 17.3 Å². The lowest BCUT2D eigenvalue weighted by atomic mass is 10.1. The van der Waals surface area contributed by atoms with E-state index in [0.29, 0.717) is 11.1 Å². The zero-order valence-corrected chi connectivity index (χ0v) is 12.4. The molecule has 0 aliphatic heterocycles. The van der Waals surface area contributed by atoms with Gasteiger partial charge in [0.15, 0.2) is 0 Å². The predicted molar refractivity (Wildman–Crippen MR) is 75.0 cm³/mol. The van der Waals surface area contributed by atoms with E-state index >= 15 is 0 Å². The van der Waals surface area contributed by atoms with Crippen molar-refractivity contribution < 1.29 is 32.3 Å². The van der Waals surface area contributed by atoms with Crippen molar-refractivity contribution in [3.8, 4) is 0 Å². The van der Waals surface area contributed by atoms with Crippen LogP contribution in [0, 0.1) is 0 Å². The number of carbonyl (C=O) groups excluding carboxylic acids is 2. The highest BCUT2D eigenvalue weighted by Crippen LogP contribution is 2.12. The molecule has 0 aromatic heterocycles. The Balaban J connectivity index is 2.48. The molecule has 126 valence electrons. The van der Waals surface area contributed by atoms with Crippen molar-refractivity contribution in [2.75, 3.05) is 13.7 Å². The van der Waals surface area contributed by atoms with Gasteiger partial charge in [0.25, 0.3) is 5.91 Å². The highest BCUT2D eigenvalue weighted by molar-refractivity contribution is 5.90. The van der Waals surface area contributed by atoms with Crippen molar-refractivity contribution in [1.29, 1.82) is 0 Å². The van der Waals surface area contributed by atoms with Crippen LogP contribution in [0.4, 0.5) is 13.2 Å². The number of rotatable bonds is 6. The van der Waals surface area contributed by atoms with Crippen LogP contribution in [0.3, 0.4) is 0 Å².